The van der Waals surface area contributed by atoms with Crippen LogP contribution in [0.4, 0.5) is 0 Å². The first-order valence-electron chi connectivity index (χ1n) is 6.53. The van der Waals surface area contributed by atoms with E-state index in [1.54, 1.807) is 7.11 Å². The summed E-state index contributed by atoms with van der Waals surface area (Å²) in [7, 11) is 1.63. The fourth-order valence-corrected chi connectivity index (χ4v) is 2.79. The summed E-state index contributed by atoms with van der Waals surface area (Å²) in [5, 5.41) is 0.705. The number of hydrogen-bond acceptors (Lipinski definition) is 3. The molecule has 3 nitrogen and oxygen atoms in total. The van der Waals surface area contributed by atoms with Gasteiger partial charge in [-0.15, -0.1) is 0 Å². The number of methoxy groups -OCH3 is 1. The SMILES string of the molecule is COc1ccc2c(c1)OC(c1ccccc1Cl)CC2N. The third-order valence-electron chi connectivity index (χ3n) is 3.61. The Kier molecular flexibility index (Phi) is 3.55. The van der Waals surface area contributed by atoms with Crippen molar-refractivity contribution in [2.45, 2.75) is 18.6 Å². The highest BCUT2D eigenvalue weighted by Crippen LogP contribution is 2.42. The second-order valence-electron chi connectivity index (χ2n) is 4.87. The predicted molar refractivity (Wildman–Crippen MR) is 79.4 cm³/mol. The summed E-state index contributed by atoms with van der Waals surface area (Å²) < 4.78 is 11.3. The first-order chi connectivity index (χ1) is 9.69. The number of nitrogens with two attached hydrogens (primary N) is 1. The number of benzene rings is 2. The fourth-order valence-electron chi connectivity index (χ4n) is 2.54. The standard InChI is InChI=1S/C16H16ClNO2/c1-19-10-6-7-12-14(18)9-16(20-15(12)8-10)11-4-2-3-5-13(11)17/h2-8,14,16H,9,18H2,1H3. The van der Waals surface area contributed by atoms with Crippen LogP contribution in [0.3, 0.4) is 0 Å². The molecule has 2 atom stereocenters. The van der Waals surface area contributed by atoms with Gasteiger partial charge in [-0.2, -0.15) is 0 Å². The topological polar surface area (TPSA) is 44.5 Å². The molecular weight excluding hydrogens is 274 g/mol. The lowest BCUT2D eigenvalue weighted by atomic mass is 9.93. The number of fused-ring (bicyclic) bond motifs is 1. The summed E-state index contributed by atoms with van der Waals surface area (Å²) in [6, 6.07) is 13.4. The van der Waals surface area contributed by atoms with E-state index in [9.17, 15) is 0 Å². The molecule has 20 heavy (non-hydrogen) atoms. The number of halogens is 1. The molecule has 1 aliphatic rings. The lowest BCUT2D eigenvalue weighted by molar-refractivity contribution is 0.161. The molecule has 0 spiro atoms. The molecule has 2 aromatic rings. The van der Waals surface area contributed by atoms with Gasteiger partial charge < -0.3 is 15.2 Å². The molecule has 4 heteroatoms. The van der Waals surface area contributed by atoms with Crippen LogP contribution in [-0.2, 0) is 0 Å². The van der Waals surface area contributed by atoms with Crippen LogP contribution in [0, 0.1) is 0 Å². The van der Waals surface area contributed by atoms with E-state index in [1.165, 1.54) is 0 Å². The molecule has 0 aliphatic carbocycles. The normalized spacial score (nSPS) is 20.9. The maximum Gasteiger partial charge on any atom is 0.128 e. The number of ether oxygens (including phenoxy) is 2. The molecule has 0 saturated heterocycles. The molecule has 1 heterocycles. The lowest BCUT2D eigenvalue weighted by Gasteiger charge is -2.31. The molecule has 2 aromatic carbocycles. The highest BCUT2D eigenvalue weighted by Gasteiger charge is 2.28. The molecule has 2 N–H and O–H groups in total. The molecule has 0 saturated carbocycles. The molecule has 0 fully saturated rings. The van der Waals surface area contributed by atoms with E-state index in [-0.39, 0.29) is 12.1 Å². The van der Waals surface area contributed by atoms with Crippen molar-refractivity contribution < 1.29 is 9.47 Å². The van der Waals surface area contributed by atoms with Crippen molar-refractivity contribution >= 4 is 11.6 Å². The molecule has 0 radical (unpaired) electrons. The zero-order valence-corrected chi connectivity index (χ0v) is 11.9. The van der Waals surface area contributed by atoms with Crippen LogP contribution in [0.25, 0.3) is 0 Å². The minimum absolute atomic E-state index is 0.0640. The van der Waals surface area contributed by atoms with Gasteiger partial charge in [0.05, 0.1) is 7.11 Å². The second-order valence-corrected chi connectivity index (χ2v) is 5.28. The van der Waals surface area contributed by atoms with Gasteiger partial charge in [0.15, 0.2) is 0 Å². The van der Waals surface area contributed by atoms with Crippen molar-refractivity contribution in [3.8, 4) is 11.5 Å². The average Bonchev–Trinajstić information content (AvgIpc) is 2.47. The highest BCUT2D eigenvalue weighted by atomic mass is 35.5. The van der Waals surface area contributed by atoms with Gasteiger partial charge in [-0.25, -0.2) is 0 Å². The van der Waals surface area contributed by atoms with E-state index in [2.05, 4.69) is 0 Å². The van der Waals surface area contributed by atoms with Crippen molar-refractivity contribution in [2.24, 2.45) is 5.73 Å². The summed E-state index contributed by atoms with van der Waals surface area (Å²) in [4.78, 5) is 0. The van der Waals surface area contributed by atoms with E-state index < -0.39 is 0 Å². The summed E-state index contributed by atoms with van der Waals surface area (Å²) in [5.74, 6) is 1.53. The molecule has 3 rings (SSSR count). The van der Waals surface area contributed by atoms with Crippen molar-refractivity contribution in [3.63, 3.8) is 0 Å². The first kappa shape index (κ1) is 13.3. The third kappa shape index (κ3) is 2.35. The Morgan fingerprint density at radius 1 is 1.20 bits per heavy atom. The summed E-state index contributed by atoms with van der Waals surface area (Å²) >= 11 is 6.25. The van der Waals surface area contributed by atoms with Gasteiger partial charge in [0.1, 0.15) is 17.6 Å². The largest absolute Gasteiger partial charge is 0.497 e. The van der Waals surface area contributed by atoms with Crippen LogP contribution >= 0.6 is 11.6 Å². The molecule has 0 aromatic heterocycles. The van der Waals surface area contributed by atoms with Crippen LogP contribution in [0.5, 0.6) is 11.5 Å². The maximum atomic E-state index is 6.25. The first-order valence-corrected chi connectivity index (χ1v) is 6.91. The molecule has 2 unspecified atom stereocenters. The van der Waals surface area contributed by atoms with Gasteiger partial charge in [0, 0.05) is 34.7 Å². The Labute approximate surface area is 123 Å². The van der Waals surface area contributed by atoms with Crippen molar-refractivity contribution in [2.75, 3.05) is 7.11 Å². The Bertz CT molecular complexity index is 630. The van der Waals surface area contributed by atoms with Gasteiger partial charge in [0.2, 0.25) is 0 Å². The zero-order chi connectivity index (χ0) is 14.1. The summed E-state index contributed by atoms with van der Waals surface area (Å²) in [6.45, 7) is 0. The Morgan fingerprint density at radius 3 is 2.75 bits per heavy atom. The van der Waals surface area contributed by atoms with Crippen LogP contribution in [0.15, 0.2) is 42.5 Å². The van der Waals surface area contributed by atoms with Crippen LogP contribution in [-0.4, -0.2) is 7.11 Å². The maximum absolute atomic E-state index is 6.25. The minimum atomic E-state index is -0.127. The van der Waals surface area contributed by atoms with E-state index in [1.807, 2.05) is 42.5 Å². The zero-order valence-electron chi connectivity index (χ0n) is 11.2. The van der Waals surface area contributed by atoms with E-state index in [0.717, 1.165) is 22.6 Å². The highest BCUT2D eigenvalue weighted by molar-refractivity contribution is 6.31. The van der Waals surface area contributed by atoms with E-state index >= 15 is 0 Å². The lowest BCUT2D eigenvalue weighted by Crippen LogP contribution is -2.24. The van der Waals surface area contributed by atoms with Gasteiger partial charge in [-0.1, -0.05) is 35.9 Å². The molecular formula is C16H16ClNO2. The van der Waals surface area contributed by atoms with Crippen molar-refractivity contribution in [1.29, 1.82) is 0 Å². The van der Waals surface area contributed by atoms with Crippen LogP contribution in [0.2, 0.25) is 5.02 Å². The third-order valence-corrected chi connectivity index (χ3v) is 3.95. The molecule has 104 valence electrons. The molecule has 0 amide bonds. The molecule has 0 bridgehead atoms. The number of rotatable bonds is 2. The summed E-state index contributed by atoms with van der Waals surface area (Å²) in [6.07, 6.45) is 0.585. The van der Waals surface area contributed by atoms with Crippen molar-refractivity contribution in [1.82, 2.24) is 0 Å². The van der Waals surface area contributed by atoms with Gasteiger partial charge in [-0.05, 0) is 12.1 Å². The smallest absolute Gasteiger partial charge is 0.128 e. The van der Waals surface area contributed by atoms with Crippen molar-refractivity contribution in [3.05, 3.63) is 58.6 Å². The summed E-state index contributed by atoms with van der Waals surface area (Å²) in [5.41, 5.74) is 8.23. The van der Waals surface area contributed by atoms with Gasteiger partial charge in [0.25, 0.3) is 0 Å². The van der Waals surface area contributed by atoms with Crippen LogP contribution < -0.4 is 15.2 Å². The van der Waals surface area contributed by atoms with E-state index in [4.69, 9.17) is 26.8 Å². The number of hydrogen-bond donors (Lipinski definition) is 1. The molecule has 1 aliphatic heterocycles. The van der Waals surface area contributed by atoms with E-state index in [0.29, 0.717) is 11.4 Å². The fraction of sp³-hybridized carbons (Fsp3) is 0.250. The average molecular weight is 290 g/mol. The minimum Gasteiger partial charge on any atom is -0.497 e. The second kappa shape index (κ2) is 5.35. The van der Waals surface area contributed by atoms with Gasteiger partial charge in [-0.3, -0.25) is 0 Å². The Balaban J connectivity index is 1.97. The predicted octanol–water partition coefficient (Wildman–Crippen LogP) is 3.87. The Hall–Kier alpha value is -1.71. The van der Waals surface area contributed by atoms with Gasteiger partial charge >= 0.3 is 0 Å². The quantitative estimate of drug-likeness (QED) is 0.913. The monoisotopic (exact) mass is 289 g/mol. The Morgan fingerprint density at radius 2 is 2.00 bits per heavy atom. The van der Waals surface area contributed by atoms with Crippen LogP contribution in [0.1, 0.15) is 29.7 Å².